The molecule has 0 saturated heterocycles. The third-order valence-corrected chi connectivity index (χ3v) is 4.72. The summed E-state index contributed by atoms with van der Waals surface area (Å²) >= 11 is 1.28. The Balaban J connectivity index is 1.61. The maximum atomic E-state index is 12.2. The summed E-state index contributed by atoms with van der Waals surface area (Å²) in [6, 6.07) is 20.9. The first-order valence-corrected chi connectivity index (χ1v) is 9.02. The van der Waals surface area contributed by atoms with Crippen molar-refractivity contribution in [2.45, 2.75) is 4.90 Å². The molecule has 0 radical (unpaired) electrons. The zero-order chi connectivity index (χ0) is 18.4. The molecule has 0 heterocycles. The first-order valence-electron chi connectivity index (χ1n) is 8.03. The number of rotatable bonds is 7. The van der Waals surface area contributed by atoms with Gasteiger partial charge >= 0.3 is 0 Å². The Bertz CT molecular complexity index is 943. The van der Waals surface area contributed by atoms with E-state index < -0.39 is 5.91 Å². The fraction of sp³-hybridized carbons (Fsp3) is 0.100. The lowest BCUT2D eigenvalue weighted by Crippen LogP contribution is -2.20. The van der Waals surface area contributed by atoms with E-state index in [1.807, 2.05) is 60.7 Å². The second kappa shape index (κ2) is 8.40. The Morgan fingerprint density at radius 3 is 2.50 bits per heavy atom. The number of para-hydroxylation sites is 1. The predicted molar refractivity (Wildman–Crippen MR) is 104 cm³/mol. The molecule has 3 aromatic carbocycles. The first-order chi connectivity index (χ1) is 12.6. The number of hydrogen-bond donors (Lipinski definition) is 2. The van der Waals surface area contributed by atoms with Crippen molar-refractivity contribution in [2.24, 2.45) is 5.73 Å². The second-order valence-electron chi connectivity index (χ2n) is 5.60. The number of benzene rings is 3. The minimum absolute atomic E-state index is 0.104. The van der Waals surface area contributed by atoms with Crippen molar-refractivity contribution in [3.8, 4) is 5.75 Å². The Morgan fingerprint density at radius 1 is 0.962 bits per heavy atom. The van der Waals surface area contributed by atoms with Crippen molar-refractivity contribution in [1.82, 2.24) is 0 Å². The van der Waals surface area contributed by atoms with Crippen LogP contribution >= 0.6 is 11.8 Å². The van der Waals surface area contributed by atoms with E-state index in [4.69, 9.17) is 10.5 Å². The van der Waals surface area contributed by atoms with E-state index in [2.05, 4.69) is 5.32 Å². The van der Waals surface area contributed by atoms with Crippen LogP contribution in [-0.4, -0.2) is 24.2 Å². The maximum absolute atomic E-state index is 12.2. The van der Waals surface area contributed by atoms with Gasteiger partial charge in [-0.1, -0.05) is 42.5 Å². The van der Waals surface area contributed by atoms with Crippen LogP contribution in [-0.2, 0) is 9.59 Å². The Hall–Kier alpha value is -2.99. The van der Waals surface area contributed by atoms with Gasteiger partial charge in [0.05, 0.1) is 11.4 Å². The monoisotopic (exact) mass is 366 g/mol. The summed E-state index contributed by atoms with van der Waals surface area (Å²) < 4.78 is 5.59. The molecule has 0 saturated carbocycles. The highest BCUT2D eigenvalue weighted by atomic mass is 32.2. The van der Waals surface area contributed by atoms with E-state index in [9.17, 15) is 9.59 Å². The van der Waals surface area contributed by atoms with Crippen LogP contribution in [0.3, 0.4) is 0 Å². The molecule has 5 nitrogen and oxygen atoms in total. The molecule has 132 valence electrons. The molecule has 3 aromatic rings. The van der Waals surface area contributed by atoms with Gasteiger partial charge in [-0.15, -0.1) is 11.8 Å². The number of primary amides is 1. The Kier molecular flexibility index (Phi) is 5.76. The number of anilines is 1. The maximum Gasteiger partial charge on any atom is 0.262 e. The van der Waals surface area contributed by atoms with Crippen LogP contribution in [0.2, 0.25) is 0 Å². The summed E-state index contributed by atoms with van der Waals surface area (Å²) in [7, 11) is 0. The summed E-state index contributed by atoms with van der Waals surface area (Å²) in [5, 5.41) is 4.97. The molecule has 0 aromatic heterocycles. The smallest absolute Gasteiger partial charge is 0.262 e. The van der Waals surface area contributed by atoms with E-state index in [-0.39, 0.29) is 18.3 Å². The minimum Gasteiger partial charge on any atom is -0.484 e. The highest BCUT2D eigenvalue weighted by molar-refractivity contribution is 8.00. The van der Waals surface area contributed by atoms with Crippen molar-refractivity contribution >= 4 is 40.0 Å². The number of nitrogens with two attached hydrogens (primary N) is 1. The van der Waals surface area contributed by atoms with Crippen LogP contribution in [0, 0.1) is 0 Å². The zero-order valence-corrected chi connectivity index (χ0v) is 14.8. The van der Waals surface area contributed by atoms with E-state index in [0.717, 1.165) is 15.7 Å². The van der Waals surface area contributed by atoms with E-state index >= 15 is 0 Å². The van der Waals surface area contributed by atoms with Gasteiger partial charge in [0.1, 0.15) is 5.75 Å². The summed E-state index contributed by atoms with van der Waals surface area (Å²) in [4.78, 5) is 23.9. The summed E-state index contributed by atoms with van der Waals surface area (Å²) in [6.07, 6.45) is 0. The lowest BCUT2D eigenvalue weighted by atomic mass is 10.1. The topological polar surface area (TPSA) is 81.4 Å². The number of carbonyl (C=O) groups is 2. The number of hydrogen-bond acceptors (Lipinski definition) is 4. The van der Waals surface area contributed by atoms with Gasteiger partial charge in [-0.3, -0.25) is 9.59 Å². The van der Waals surface area contributed by atoms with Crippen molar-refractivity contribution in [3.05, 3.63) is 66.7 Å². The van der Waals surface area contributed by atoms with Crippen LogP contribution in [0.25, 0.3) is 10.8 Å². The molecule has 2 amide bonds. The first kappa shape index (κ1) is 17.8. The van der Waals surface area contributed by atoms with Crippen LogP contribution in [0.5, 0.6) is 5.75 Å². The molecule has 0 aliphatic heterocycles. The minimum atomic E-state index is -0.407. The summed E-state index contributed by atoms with van der Waals surface area (Å²) in [5.41, 5.74) is 5.81. The number of fused-ring (bicyclic) bond motifs is 1. The van der Waals surface area contributed by atoms with Gasteiger partial charge in [-0.05, 0) is 35.0 Å². The summed E-state index contributed by atoms with van der Waals surface area (Å²) in [5.74, 6) is 0.108. The molecule has 3 N–H and O–H groups in total. The van der Waals surface area contributed by atoms with Gasteiger partial charge in [-0.25, -0.2) is 0 Å². The molecular weight excluding hydrogens is 348 g/mol. The standard InChI is InChI=1S/C20H18N2O3S/c21-19(23)13-26-18-8-4-3-7-17(18)22-20(24)12-25-16-10-9-14-5-1-2-6-15(14)11-16/h1-11H,12-13H2,(H2,21,23)(H,22,24). The second-order valence-corrected chi connectivity index (χ2v) is 6.61. The van der Waals surface area contributed by atoms with E-state index in [1.54, 1.807) is 6.07 Å². The van der Waals surface area contributed by atoms with E-state index in [0.29, 0.717) is 11.4 Å². The highest BCUT2D eigenvalue weighted by Crippen LogP contribution is 2.26. The molecule has 0 aliphatic carbocycles. The molecule has 0 fully saturated rings. The van der Waals surface area contributed by atoms with Crippen LogP contribution < -0.4 is 15.8 Å². The molecule has 0 atom stereocenters. The Morgan fingerprint density at radius 2 is 1.69 bits per heavy atom. The van der Waals surface area contributed by atoms with Crippen LogP contribution in [0.1, 0.15) is 0 Å². The van der Waals surface area contributed by atoms with Crippen molar-refractivity contribution in [2.75, 3.05) is 17.7 Å². The number of amides is 2. The largest absolute Gasteiger partial charge is 0.484 e. The predicted octanol–water partition coefficient (Wildman–Crippen LogP) is 3.43. The third-order valence-electron chi connectivity index (χ3n) is 3.62. The average Bonchev–Trinajstić information content (AvgIpc) is 2.65. The normalized spacial score (nSPS) is 10.5. The number of nitrogens with one attached hydrogen (secondary N) is 1. The lowest BCUT2D eigenvalue weighted by Gasteiger charge is -2.11. The Labute approximate surface area is 155 Å². The fourth-order valence-electron chi connectivity index (χ4n) is 2.44. The third kappa shape index (κ3) is 4.77. The van der Waals surface area contributed by atoms with Crippen molar-refractivity contribution in [3.63, 3.8) is 0 Å². The molecule has 26 heavy (non-hydrogen) atoms. The van der Waals surface area contributed by atoms with Gasteiger partial charge < -0.3 is 15.8 Å². The van der Waals surface area contributed by atoms with Crippen molar-refractivity contribution < 1.29 is 14.3 Å². The molecule has 0 unspecified atom stereocenters. The molecule has 3 rings (SSSR count). The lowest BCUT2D eigenvalue weighted by molar-refractivity contribution is -0.118. The molecule has 6 heteroatoms. The van der Waals surface area contributed by atoms with E-state index in [1.165, 1.54) is 11.8 Å². The van der Waals surface area contributed by atoms with Crippen LogP contribution in [0.15, 0.2) is 71.6 Å². The van der Waals surface area contributed by atoms with Crippen LogP contribution in [0.4, 0.5) is 5.69 Å². The quantitative estimate of drug-likeness (QED) is 0.628. The van der Waals surface area contributed by atoms with Gasteiger partial charge in [-0.2, -0.15) is 0 Å². The van der Waals surface area contributed by atoms with Gasteiger partial charge in [0.15, 0.2) is 6.61 Å². The van der Waals surface area contributed by atoms with Crippen molar-refractivity contribution in [1.29, 1.82) is 0 Å². The zero-order valence-electron chi connectivity index (χ0n) is 14.0. The molecule has 0 bridgehead atoms. The fourth-order valence-corrected chi connectivity index (χ4v) is 3.18. The number of carbonyl (C=O) groups excluding carboxylic acids is 2. The molecular formula is C20H18N2O3S. The molecule has 0 spiro atoms. The number of ether oxygens (including phenoxy) is 1. The number of thioether (sulfide) groups is 1. The summed E-state index contributed by atoms with van der Waals surface area (Å²) in [6.45, 7) is -0.104. The van der Waals surface area contributed by atoms with Gasteiger partial charge in [0, 0.05) is 4.90 Å². The molecule has 0 aliphatic rings. The van der Waals surface area contributed by atoms with Gasteiger partial charge in [0.2, 0.25) is 5.91 Å². The average molecular weight is 366 g/mol. The van der Waals surface area contributed by atoms with Gasteiger partial charge in [0.25, 0.3) is 5.91 Å². The SMILES string of the molecule is NC(=O)CSc1ccccc1NC(=O)COc1ccc2ccccc2c1. The highest BCUT2D eigenvalue weighted by Gasteiger charge is 2.09.